The molecule has 0 bridgehead atoms. The van der Waals surface area contributed by atoms with Crippen molar-refractivity contribution in [2.75, 3.05) is 0 Å². The average Bonchev–Trinajstić information content (AvgIpc) is 2.30. The van der Waals surface area contributed by atoms with E-state index in [1.54, 1.807) is 0 Å². The van der Waals surface area contributed by atoms with E-state index < -0.39 is 0 Å². The van der Waals surface area contributed by atoms with Gasteiger partial charge < -0.3 is 4.74 Å². The van der Waals surface area contributed by atoms with Gasteiger partial charge in [0.25, 0.3) is 0 Å². The molecule has 1 heterocycles. The minimum absolute atomic E-state index is 0.0631. The number of benzene rings is 1. The minimum Gasteiger partial charge on any atom is -0.459 e. The van der Waals surface area contributed by atoms with E-state index in [1.807, 2.05) is 25.1 Å². The van der Waals surface area contributed by atoms with Crippen LogP contribution in [0.25, 0.3) is 6.08 Å². The van der Waals surface area contributed by atoms with Gasteiger partial charge >= 0.3 is 5.97 Å². The molecule has 1 saturated heterocycles. The maximum absolute atomic E-state index is 11.3. The molecule has 0 radical (unpaired) electrons. The summed E-state index contributed by atoms with van der Waals surface area (Å²) in [5.41, 5.74) is 0.874. The van der Waals surface area contributed by atoms with Crippen molar-refractivity contribution in [1.82, 2.24) is 0 Å². The molecule has 2 nitrogen and oxygen atoms in total. The van der Waals surface area contributed by atoms with Gasteiger partial charge in [-0.1, -0.05) is 42.5 Å². The zero-order valence-electron chi connectivity index (χ0n) is 10.2. The summed E-state index contributed by atoms with van der Waals surface area (Å²) in [5.74, 6) is -0.0631. The summed E-state index contributed by atoms with van der Waals surface area (Å²) in [6, 6.07) is 10.2. The highest BCUT2D eigenvalue weighted by molar-refractivity contribution is 5.70. The number of hydrogen-bond acceptors (Lipinski definition) is 2. The first-order chi connectivity index (χ1) is 8.18. The van der Waals surface area contributed by atoms with Gasteiger partial charge in [-0.05, 0) is 25.3 Å². The molecule has 2 rings (SSSR count). The fourth-order valence-corrected chi connectivity index (χ4v) is 2.14. The normalized spacial score (nSPS) is 24.9. The summed E-state index contributed by atoms with van der Waals surface area (Å²) in [7, 11) is 0. The largest absolute Gasteiger partial charge is 0.459 e. The Labute approximate surface area is 102 Å². The van der Waals surface area contributed by atoms with E-state index in [1.165, 1.54) is 5.56 Å². The van der Waals surface area contributed by atoms with Gasteiger partial charge in [-0.3, -0.25) is 4.79 Å². The molecule has 1 unspecified atom stereocenters. The second-order valence-corrected chi connectivity index (χ2v) is 4.79. The number of rotatable bonds is 3. The minimum atomic E-state index is -0.305. The molecule has 0 spiro atoms. The fraction of sp³-hybridized carbons (Fsp3) is 0.400. The topological polar surface area (TPSA) is 26.3 Å². The number of hydrogen-bond donors (Lipinski definition) is 0. The highest BCUT2D eigenvalue weighted by Crippen LogP contribution is 2.29. The van der Waals surface area contributed by atoms with Gasteiger partial charge in [0.15, 0.2) is 0 Å². The highest BCUT2D eigenvalue weighted by atomic mass is 16.6. The predicted molar refractivity (Wildman–Crippen MR) is 68.4 cm³/mol. The van der Waals surface area contributed by atoms with Crippen molar-refractivity contribution in [2.45, 2.75) is 38.2 Å². The van der Waals surface area contributed by atoms with Crippen LogP contribution in [0.2, 0.25) is 0 Å². The van der Waals surface area contributed by atoms with Crippen LogP contribution in [0, 0.1) is 0 Å². The number of esters is 1. The summed E-state index contributed by atoms with van der Waals surface area (Å²) in [6.07, 6.45) is 7.42. The van der Waals surface area contributed by atoms with Crippen LogP contribution in [0.3, 0.4) is 0 Å². The number of ether oxygens (including phenoxy) is 1. The quantitative estimate of drug-likeness (QED) is 0.742. The van der Waals surface area contributed by atoms with Crippen LogP contribution in [-0.2, 0) is 9.53 Å². The van der Waals surface area contributed by atoms with Crippen molar-refractivity contribution in [2.24, 2.45) is 0 Å². The van der Waals surface area contributed by atoms with Crippen molar-refractivity contribution in [1.29, 1.82) is 0 Å². The molecule has 0 amide bonds. The Morgan fingerprint density at radius 2 is 2.12 bits per heavy atom. The smallest absolute Gasteiger partial charge is 0.306 e. The first-order valence-electron chi connectivity index (χ1n) is 6.11. The lowest BCUT2D eigenvalue weighted by molar-refractivity contribution is -0.164. The molecule has 0 aliphatic carbocycles. The lowest BCUT2D eigenvalue weighted by Gasteiger charge is -2.32. The molecule has 0 aromatic heterocycles. The Kier molecular flexibility index (Phi) is 3.62. The SMILES string of the molecule is CC1(C/C=C/c2ccccc2)CCCC(=O)O1. The van der Waals surface area contributed by atoms with E-state index in [2.05, 4.69) is 24.3 Å². The maximum Gasteiger partial charge on any atom is 0.306 e. The number of carbonyl (C=O) groups is 1. The summed E-state index contributed by atoms with van der Waals surface area (Å²) in [6.45, 7) is 2.01. The van der Waals surface area contributed by atoms with E-state index >= 15 is 0 Å². The predicted octanol–water partition coefficient (Wildman–Crippen LogP) is 3.58. The van der Waals surface area contributed by atoms with E-state index in [-0.39, 0.29) is 11.6 Å². The van der Waals surface area contributed by atoms with Gasteiger partial charge in [-0.25, -0.2) is 0 Å². The number of carbonyl (C=O) groups excluding carboxylic acids is 1. The summed E-state index contributed by atoms with van der Waals surface area (Å²) < 4.78 is 5.42. The maximum atomic E-state index is 11.3. The molecular weight excluding hydrogens is 212 g/mol. The second kappa shape index (κ2) is 5.17. The van der Waals surface area contributed by atoms with E-state index in [0.29, 0.717) is 6.42 Å². The lowest BCUT2D eigenvalue weighted by atomic mass is 9.92. The van der Waals surface area contributed by atoms with Crippen LogP contribution in [0.4, 0.5) is 0 Å². The molecule has 1 aliphatic heterocycles. The molecule has 1 aromatic rings. The first-order valence-corrected chi connectivity index (χ1v) is 6.11. The Morgan fingerprint density at radius 1 is 1.35 bits per heavy atom. The average molecular weight is 230 g/mol. The molecule has 90 valence electrons. The Balaban J connectivity index is 1.93. The zero-order valence-corrected chi connectivity index (χ0v) is 10.2. The molecule has 1 aromatic carbocycles. The van der Waals surface area contributed by atoms with Crippen molar-refractivity contribution >= 4 is 12.0 Å². The van der Waals surface area contributed by atoms with Crippen molar-refractivity contribution < 1.29 is 9.53 Å². The van der Waals surface area contributed by atoms with Crippen LogP contribution in [0.5, 0.6) is 0 Å². The Hall–Kier alpha value is -1.57. The third kappa shape index (κ3) is 3.45. The summed E-state index contributed by atoms with van der Waals surface area (Å²) >= 11 is 0. The van der Waals surface area contributed by atoms with E-state index in [4.69, 9.17) is 4.74 Å². The summed E-state index contributed by atoms with van der Waals surface area (Å²) in [5, 5.41) is 0. The lowest BCUT2D eigenvalue weighted by Crippen LogP contribution is -2.35. The molecule has 1 atom stereocenters. The standard InChI is InChI=1S/C15H18O2/c1-15(12-6-10-14(16)17-15)11-5-9-13-7-3-2-4-8-13/h2-5,7-9H,6,10-12H2,1H3/b9-5+. The van der Waals surface area contributed by atoms with Crippen molar-refractivity contribution in [3.05, 3.63) is 42.0 Å². The third-order valence-corrected chi connectivity index (χ3v) is 3.11. The van der Waals surface area contributed by atoms with Gasteiger partial charge in [0.2, 0.25) is 0 Å². The van der Waals surface area contributed by atoms with Gasteiger partial charge in [0.05, 0.1) is 0 Å². The van der Waals surface area contributed by atoms with Crippen LogP contribution in [0.1, 0.15) is 38.2 Å². The van der Waals surface area contributed by atoms with Gasteiger partial charge in [-0.2, -0.15) is 0 Å². The molecule has 2 heteroatoms. The Morgan fingerprint density at radius 3 is 2.82 bits per heavy atom. The molecule has 17 heavy (non-hydrogen) atoms. The van der Waals surface area contributed by atoms with Crippen molar-refractivity contribution in [3.63, 3.8) is 0 Å². The monoisotopic (exact) mass is 230 g/mol. The first kappa shape index (κ1) is 11.9. The zero-order chi connectivity index (χ0) is 12.1. The third-order valence-electron chi connectivity index (χ3n) is 3.11. The summed E-state index contributed by atoms with van der Waals surface area (Å²) in [4.78, 5) is 11.3. The highest BCUT2D eigenvalue weighted by Gasteiger charge is 2.31. The molecule has 0 N–H and O–H groups in total. The van der Waals surface area contributed by atoms with Crippen LogP contribution in [0.15, 0.2) is 36.4 Å². The van der Waals surface area contributed by atoms with Gasteiger partial charge in [-0.15, -0.1) is 0 Å². The second-order valence-electron chi connectivity index (χ2n) is 4.79. The Bertz CT molecular complexity index is 408. The molecule has 1 aliphatic rings. The van der Waals surface area contributed by atoms with E-state index in [0.717, 1.165) is 19.3 Å². The number of cyclic esters (lactones) is 1. The van der Waals surface area contributed by atoms with Crippen LogP contribution < -0.4 is 0 Å². The van der Waals surface area contributed by atoms with Crippen LogP contribution in [-0.4, -0.2) is 11.6 Å². The van der Waals surface area contributed by atoms with Crippen molar-refractivity contribution in [3.8, 4) is 0 Å². The molecular formula is C15H18O2. The molecule has 1 fully saturated rings. The fourth-order valence-electron chi connectivity index (χ4n) is 2.14. The van der Waals surface area contributed by atoms with Crippen LogP contribution >= 0.6 is 0 Å². The molecule has 0 saturated carbocycles. The van der Waals surface area contributed by atoms with Gasteiger partial charge in [0, 0.05) is 12.8 Å². The van der Waals surface area contributed by atoms with Gasteiger partial charge in [0.1, 0.15) is 5.60 Å². The van der Waals surface area contributed by atoms with E-state index in [9.17, 15) is 4.79 Å².